The van der Waals surface area contributed by atoms with Crippen LogP contribution in [-0.2, 0) is 16.0 Å². The molecule has 0 aromatic heterocycles. The van der Waals surface area contributed by atoms with Crippen molar-refractivity contribution >= 4 is 11.8 Å². The third kappa shape index (κ3) is 6.21. The summed E-state index contributed by atoms with van der Waals surface area (Å²) >= 11 is 0. The lowest BCUT2D eigenvalue weighted by Gasteiger charge is -2.27. The van der Waals surface area contributed by atoms with Gasteiger partial charge in [-0.05, 0) is 37.2 Å². The van der Waals surface area contributed by atoms with Gasteiger partial charge in [-0.2, -0.15) is 0 Å². The second-order valence-electron chi connectivity index (χ2n) is 7.78. The molecule has 0 radical (unpaired) electrons. The third-order valence-corrected chi connectivity index (χ3v) is 5.03. The average molecular weight is 372 g/mol. The highest BCUT2D eigenvalue weighted by molar-refractivity contribution is 5.89. The van der Waals surface area contributed by atoms with Crippen molar-refractivity contribution in [2.45, 2.75) is 51.6 Å². The second kappa shape index (κ2) is 10.3. The molecule has 148 valence electrons. The maximum atomic E-state index is 13.3. The molecule has 0 unspecified atom stereocenters. The first kappa shape index (κ1) is 21.2. The van der Waals surface area contributed by atoms with E-state index < -0.39 is 0 Å². The molecule has 0 bridgehead atoms. The Bertz CT molecular complexity index is 642. The number of hydrogen-bond acceptors (Lipinski definition) is 3. The number of nitrogens with one attached hydrogen (secondary N) is 1. The molecule has 2 amide bonds. The van der Waals surface area contributed by atoms with E-state index in [1.165, 1.54) is 0 Å². The highest BCUT2D eigenvalue weighted by Crippen LogP contribution is 2.23. The molecule has 1 aliphatic heterocycles. The lowest BCUT2D eigenvalue weighted by atomic mass is 9.95. The van der Waals surface area contributed by atoms with Crippen LogP contribution >= 0.6 is 0 Å². The fourth-order valence-electron chi connectivity index (χ4n) is 3.69. The van der Waals surface area contributed by atoms with Crippen molar-refractivity contribution in [1.82, 2.24) is 10.2 Å². The fraction of sp³-hybridized carbons (Fsp3) is 0.545. The number of nitrogens with two attached hydrogens (primary N) is 1. The van der Waals surface area contributed by atoms with Crippen molar-refractivity contribution in [2.75, 3.05) is 13.6 Å². The Morgan fingerprint density at radius 2 is 1.96 bits per heavy atom. The van der Waals surface area contributed by atoms with Crippen LogP contribution in [0.25, 0.3) is 0 Å². The molecule has 1 aromatic carbocycles. The van der Waals surface area contributed by atoms with E-state index in [1.54, 1.807) is 11.9 Å². The summed E-state index contributed by atoms with van der Waals surface area (Å²) in [6, 6.07) is 9.56. The van der Waals surface area contributed by atoms with Gasteiger partial charge in [0.25, 0.3) is 0 Å². The van der Waals surface area contributed by atoms with Gasteiger partial charge < -0.3 is 16.0 Å². The second-order valence-corrected chi connectivity index (χ2v) is 7.78. The summed E-state index contributed by atoms with van der Waals surface area (Å²) in [5.74, 6) is 0.123. The zero-order valence-electron chi connectivity index (χ0n) is 16.7. The van der Waals surface area contributed by atoms with E-state index in [2.05, 4.69) is 19.2 Å². The molecule has 1 heterocycles. The van der Waals surface area contributed by atoms with E-state index in [0.29, 0.717) is 18.9 Å². The summed E-state index contributed by atoms with van der Waals surface area (Å²) in [6.45, 7) is 4.91. The van der Waals surface area contributed by atoms with Crippen molar-refractivity contribution < 1.29 is 9.59 Å². The molecule has 0 aliphatic carbocycles. The Hall–Kier alpha value is -2.14. The van der Waals surface area contributed by atoms with E-state index in [-0.39, 0.29) is 29.8 Å². The predicted octanol–water partition coefficient (Wildman–Crippen LogP) is 2.51. The van der Waals surface area contributed by atoms with E-state index in [0.717, 1.165) is 24.8 Å². The van der Waals surface area contributed by atoms with Gasteiger partial charge >= 0.3 is 0 Å². The van der Waals surface area contributed by atoms with Crippen LogP contribution in [0.2, 0.25) is 0 Å². The molecular weight excluding hydrogens is 338 g/mol. The van der Waals surface area contributed by atoms with Gasteiger partial charge in [-0.25, -0.2) is 0 Å². The first-order chi connectivity index (χ1) is 12.9. The summed E-state index contributed by atoms with van der Waals surface area (Å²) in [5, 5.41) is 2.68. The van der Waals surface area contributed by atoms with Gasteiger partial charge in [0.15, 0.2) is 0 Å². The van der Waals surface area contributed by atoms with Gasteiger partial charge in [0.05, 0.1) is 5.92 Å². The number of rotatable bonds is 8. The average Bonchev–Trinajstić information content (AvgIpc) is 3.14. The van der Waals surface area contributed by atoms with E-state index in [1.807, 2.05) is 42.5 Å². The van der Waals surface area contributed by atoms with Crippen LogP contribution in [0.5, 0.6) is 0 Å². The lowest BCUT2D eigenvalue weighted by Crippen LogP contribution is -2.47. The molecule has 5 nitrogen and oxygen atoms in total. The van der Waals surface area contributed by atoms with Crippen molar-refractivity contribution in [1.29, 1.82) is 0 Å². The summed E-state index contributed by atoms with van der Waals surface area (Å²) < 4.78 is 0. The van der Waals surface area contributed by atoms with Crippen LogP contribution in [-0.4, -0.2) is 42.4 Å². The molecule has 3 atom stereocenters. The number of carbonyl (C=O) groups is 2. The fourth-order valence-corrected chi connectivity index (χ4v) is 3.69. The van der Waals surface area contributed by atoms with Crippen LogP contribution < -0.4 is 11.1 Å². The number of nitrogens with zero attached hydrogens (tertiary/aromatic N) is 1. The maximum absolute atomic E-state index is 13.3. The normalized spacial score (nSPS) is 19.4. The lowest BCUT2D eigenvalue weighted by molar-refractivity contribution is -0.140. The number of hydrogen-bond donors (Lipinski definition) is 2. The van der Waals surface area contributed by atoms with Crippen LogP contribution in [0, 0.1) is 11.8 Å². The van der Waals surface area contributed by atoms with Gasteiger partial charge in [-0.15, -0.1) is 0 Å². The minimum atomic E-state index is -0.362. The largest absolute Gasteiger partial charge is 0.357 e. The van der Waals surface area contributed by atoms with Crippen molar-refractivity contribution in [3.63, 3.8) is 0 Å². The summed E-state index contributed by atoms with van der Waals surface area (Å²) in [6.07, 6.45) is 6.98. The summed E-state index contributed by atoms with van der Waals surface area (Å²) in [7, 11) is 1.62. The third-order valence-electron chi connectivity index (χ3n) is 5.03. The molecule has 27 heavy (non-hydrogen) atoms. The number of amides is 2. The van der Waals surface area contributed by atoms with E-state index in [9.17, 15) is 9.59 Å². The van der Waals surface area contributed by atoms with Gasteiger partial charge in [0.2, 0.25) is 11.8 Å². The molecule has 1 fully saturated rings. The van der Waals surface area contributed by atoms with Crippen LogP contribution in [0.15, 0.2) is 42.5 Å². The number of likely N-dealkylation sites (N-methyl/N-ethyl adjacent to an activating group) is 1. The smallest absolute Gasteiger partial charge is 0.242 e. The zero-order valence-corrected chi connectivity index (χ0v) is 16.7. The Morgan fingerprint density at radius 1 is 1.26 bits per heavy atom. The van der Waals surface area contributed by atoms with E-state index in [4.69, 9.17) is 5.73 Å². The molecule has 5 heteroatoms. The first-order valence-corrected chi connectivity index (χ1v) is 9.92. The number of benzene rings is 1. The van der Waals surface area contributed by atoms with Crippen molar-refractivity contribution in [3.05, 3.63) is 48.0 Å². The Balaban J connectivity index is 2.18. The van der Waals surface area contributed by atoms with Crippen molar-refractivity contribution in [3.8, 4) is 0 Å². The molecule has 0 spiro atoms. The van der Waals surface area contributed by atoms with Gasteiger partial charge in [0, 0.05) is 19.6 Å². The van der Waals surface area contributed by atoms with Crippen LogP contribution in [0.3, 0.4) is 0 Å². The minimum Gasteiger partial charge on any atom is -0.357 e. The monoisotopic (exact) mass is 371 g/mol. The van der Waals surface area contributed by atoms with Crippen LogP contribution in [0.1, 0.15) is 38.7 Å². The SMILES string of the molecule is CNC(=O)[C@@H]1CCCN1C(=O)[C@H](/C=C/[C@@H](N)CC(C)C)Cc1ccccc1. The van der Waals surface area contributed by atoms with Crippen LogP contribution in [0.4, 0.5) is 0 Å². The number of likely N-dealkylation sites (tertiary alicyclic amines) is 1. The van der Waals surface area contributed by atoms with Gasteiger partial charge in [-0.1, -0.05) is 56.3 Å². The number of carbonyl (C=O) groups excluding carboxylic acids is 2. The topological polar surface area (TPSA) is 75.4 Å². The quantitative estimate of drug-likeness (QED) is 0.690. The molecule has 1 aromatic rings. The molecule has 1 aliphatic rings. The Morgan fingerprint density at radius 3 is 2.59 bits per heavy atom. The minimum absolute atomic E-state index is 0.0120. The molecule has 1 saturated heterocycles. The van der Waals surface area contributed by atoms with Crippen molar-refractivity contribution in [2.24, 2.45) is 17.6 Å². The van der Waals surface area contributed by atoms with Gasteiger partial charge in [0.1, 0.15) is 6.04 Å². The van der Waals surface area contributed by atoms with Gasteiger partial charge in [-0.3, -0.25) is 9.59 Å². The predicted molar refractivity (Wildman–Crippen MR) is 109 cm³/mol. The summed E-state index contributed by atoms with van der Waals surface area (Å²) in [5.41, 5.74) is 7.30. The maximum Gasteiger partial charge on any atom is 0.242 e. The first-order valence-electron chi connectivity index (χ1n) is 9.92. The molecule has 3 N–H and O–H groups in total. The molecule has 2 rings (SSSR count). The highest BCUT2D eigenvalue weighted by Gasteiger charge is 2.36. The molecular formula is C22H33N3O2. The standard InChI is InChI=1S/C22H33N3O2/c1-16(2)14-19(23)12-11-18(15-17-8-5-4-6-9-17)22(27)25-13-7-10-20(25)21(26)24-3/h4-6,8-9,11-12,16,18-20H,7,10,13-15,23H2,1-3H3,(H,24,26)/b12-11+/t18-,19-,20+/m1/s1. The molecule has 0 saturated carbocycles. The zero-order chi connectivity index (χ0) is 19.8. The Labute approximate surface area is 163 Å². The Kier molecular flexibility index (Phi) is 8.04. The summed E-state index contributed by atoms with van der Waals surface area (Å²) in [4.78, 5) is 27.2. The highest BCUT2D eigenvalue weighted by atomic mass is 16.2. The van der Waals surface area contributed by atoms with E-state index >= 15 is 0 Å².